The van der Waals surface area contributed by atoms with Crippen molar-refractivity contribution in [2.75, 3.05) is 43.1 Å². The van der Waals surface area contributed by atoms with Gasteiger partial charge < -0.3 is 26.7 Å². The van der Waals surface area contributed by atoms with Gasteiger partial charge in [0.05, 0.1) is 27.2 Å². The number of nitrogens with one attached hydrogen (secondary N) is 1. The molecule has 38 heavy (non-hydrogen) atoms. The molecule has 0 atom stereocenters. The zero-order valence-electron chi connectivity index (χ0n) is 21.2. The van der Waals surface area contributed by atoms with Crippen LogP contribution in [0.3, 0.4) is 0 Å². The molecule has 3 heterocycles. The number of piperazine rings is 1. The van der Waals surface area contributed by atoms with E-state index in [1.165, 1.54) is 0 Å². The number of halogens is 1. The summed E-state index contributed by atoms with van der Waals surface area (Å²) in [5, 5.41) is 4.02. The van der Waals surface area contributed by atoms with E-state index in [0.29, 0.717) is 16.6 Å². The minimum atomic E-state index is -0.0697. The highest BCUT2D eigenvalue weighted by molar-refractivity contribution is 7.86. The average Bonchev–Trinajstić information content (AvgIpc) is 3.27. The molecule has 0 bridgehead atoms. The van der Waals surface area contributed by atoms with Crippen LogP contribution in [0.15, 0.2) is 94.3 Å². The number of nitrogens with two attached hydrogens (primary N) is 2. The molecule has 2 aliphatic heterocycles. The highest BCUT2D eigenvalue weighted by Gasteiger charge is 2.26. The lowest BCUT2D eigenvalue weighted by atomic mass is 10.1. The van der Waals surface area contributed by atoms with Gasteiger partial charge in [-0.15, -0.1) is 17.7 Å². The largest absolute Gasteiger partial charge is 0.386 e. The summed E-state index contributed by atoms with van der Waals surface area (Å²) in [7, 11) is 1.97. The fourth-order valence-electron chi connectivity index (χ4n) is 4.18. The number of allylic oxidation sites excluding steroid dienone is 3. The van der Waals surface area contributed by atoms with Crippen molar-refractivity contribution in [2.45, 2.75) is 6.42 Å². The third kappa shape index (κ3) is 7.37. The van der Waals surface area contributed by atoms with Gasteiger partial charge in [0.25, 0.3) is 5.56 Å². The van der Waals surface area contributed by atoms with Crippen LogP contribution in [0.1, 0.15) is 6.42 Å². The van der Waals surface area contributed by atoms with E-state index in [1.807, 2.05) is 36.5 Å². The van der Waals surface area contributed by atoms with Gasteiger partial charge in [0.15, 0.2) is 0 Å². The quantitative estimate of drug-likeness (QED) is 0.233. The summed E-state index contributed by atoms with van der Waals surface area (Å²) in [5.74, 6) is 0.590. The van der Waals surface area contributed by atoms with Gasteiger partial charge in [-0.2, -0.15) is 0 Å². The lowest BCUT2D eigenvalue weighted by Gasteiger charge is -2.39. The predicted molar refractivity (Wildman–Crippen MR) is 158 cm³/mol. The van der Waals surface area contributed by atoms with Gasteiger partial charge in [0.2, 0.25) is 6.41 Å². The van der Waals surface area contributed by atoms with Gasteiger partial charge in [0.1, 0.15) is 0 Å². The number of nitrogens with zero attached hydrogens (tertiary/aromatic N) is 5. The number of hydrogen-bond donors (Lipinski definition) is 4. The van der Waals surface area contributed by atoms with E-state index in [-0.39, 0.29) is 12.0 Å². The summed E-state index contributed by atoms with van der Waals surface area (Å²) in [6.07, 6.45) is 10.4. The van der Waals surface area contributed by atoms with Crippen LogP contribution in [0.4, 0.5) is 11.4 Å². The number of anilines is 2. The van der Waals surface area contributed by atoms with Crippen molar-refractivity contribution in [2.24, 2.45) is 11.5 Å². The normalized spacial score (nSPS) is 16.1. The van der Waals surface area contributed by atoms with Crippen LogP contribution in [0.5, 0.6) is 0 Å². The van der Waals surface area contributed by atoms with Gasteiger partial charge in [0, 0.05) is 63.8 Å². The maximum Gasteiger partial charge on any atom is 0.255 e. The second-order valence-corrected chi connectivity index (χ2v) is 9.59. The summed E-state index contributed by atoms with van der Waals surface area (Å²) >= 11 is 9.83. The van der Waals surface area contributed by atoms with Gasteiger partial charge >= 0.3 is 0 Å². The Morgan fingerprint density at radius 3 is 2.53 bits per heavy atom. The van der Waals surface area contributed by atoms with Crippen LogP contribution >= 0.6 is 24.2 Å². The van der Waals surface area contributed by atoms with Crippen LogP contribution in [0.25, 0.3) is 5.69 Å². The minimum Gasteiger partial charge on any atom is -0.386 e. The summed E-state index contributed by atoms with van der Waals surface area (Å²) in [4.78, 5) is 25.5. The molecule has 0 aliphatic carbocycles. The van der Waals surface area contributed by atoms with E-state index >= 15 is 0 Å². The van der Waals surface area contributed by atoms with Crippen molar-refractivity contribution in [3.8, 4) is 5.69 Å². The first-order valence-electron chi connectivity index (χ1n) is 11.9. The van der Waals surface area contributed by atoms with Crippen molar-refractivity contribution in [1.29, 1.82) is 0 Å². The van der Waals surface area contributed by atoms with E-state index in [0.717, 1.165) is 48.9 Å². The standard InChI is InChI=1S/C25H30ClN7OS.CH3NO/c1-19(27)30-13-15-31(16-14-30)23-17-21(32-12-6-5-9-25(32)34)10-11-22(23)33-18-20(28-29(33)2)7-3-4-8-24(26)35;2-1-3/h3-6,8-12,17-18,28,35H,1,7,13-16,27H2,2H3;1H,(H2,2,3)/b4-3+,24-8-;. The zero-order valence-corrected chi connectivity index (χ0v) is 22.9. The molecule has 0 saturated carbocycles. The fourth-order valence-corrected chi connectivity index (χ4v) is 4.34. The van der Waals surface area contributed by atoms with Crippen molar-refractivity contribution >= 4 is 42.0 Å². The Hall–Kier alpha value is -3.80. The van der Waals surface area contributed by atoms with Crippen LogP contribution in [-0.4, -0.2) is 54.2 Å². The number of hydrogen-bond acceptors (Lipinski definition) is 9. The lowest BCUT2D eigenvalue weighted by Crippen LogP contribution is -2.47. The van der Waals surface area contributed by atoms with Gasteiger partial charge in [-0.25, -0.2) is 0 Å². The van der Waals surface area contributed by atoms with Crippen molar-refractivity contribution in [3.05, 3.63) is 99.8 Å². The average molecular weight is 557 g/mol. The number of hydrazine groups is 2. The molecule has 2 aromatic rings. The number of pyridine rings is 1. The Morgan fingerprint density at radius 1 is 1.18 bits per heavy atom. The Bertz CT molecular complexity index is 1280. The molecule has 1 aromatic carbocycles. The maximum absolute atomic E-state index is 12.5. The Labute approximate surface area is 233 Å². The van der Waals surface area contributed by atoms with E-state index in [2.05, 4.69) is 63.5 Å². The molecule has 1 saturated heterocycles. The summed E-state index contributed by atoms with van der Waals surface area (Å²) in [6, 6.07) is 11.3. The third-order valence-electron chi connectivity index (χ3n) is 5.95. The van der Waals surface area contributed by atoms with Crippen LogP contribution in [-0.2, 0) is 4.79 Å². The number of rotatable bonds is 7. The van der Waals surface area contributed by atoms with E-state index in [9.17, 15) is 4.79 Å². The van der Waals surface area contributed by atoms with Gasteiger partial charge in [-0.3, -0.25) is 19.2 Å². The number of primary amides is 1. The lowest BCUT2D eigenvalue weighted by molar-refractivity contribution is -0.106. The first-order chi connectivity index (χ1) is 18.2. The van der Waals surface area contributed by atoms with E-state index in [4.69, 9.17) is 22.1 Å². The molecule has 12 heteroatoms. The topological polar surface area (TPSA) is 116 Å². The highest BCUT2D eigenvalue weighted by Crippen LogP contribution is 2.35. The summed E-state index contributed by atoms with van der Waals surface area (Å²) < 4.78 is 2.09. The molecule has 4 rings (SSSR count). The number of amides is 1. The van der Waals surface area contributed by atoms with Crippen LogP contribution < -0.4 is 32.4 Å². The van der Waals surface area contributed by atoms with E-state index < -0.39 is 0 Å². The second kappa shape index (κ2) is 13.7. The molecular weight excluding hydrogens is 524 g/mol. The molecule has 1 aromatic heterocycles. The number of carbonyl (C=O) groups excluding carboxylic acids is 1. The molecule has 10 nitrogen and oxygen atoms in total. The van der Waals surface area contributed by atoms with Gasteiger partial charge in [-0.1, -0.05) is 36.4 Å². The smallest absolute Gasteiger partial charge is 0.255 e. The van der Waals surface area contributed by atoms with E-state index in [1.54, 1.807) is 29.0 Å². The predicted octanol–water partition coefficient (Wildman–Crippen LogP) is 2.46. The molecule has 1 fully saturated rings. The van der Waals surface area contributed by atoms with Crippen LogP contribution in [0, 0.1) is 0 Å². The first kappa shape index (κ1) is 28.8. The summed E-state index contributed by atoms with van der Waals surface area (Å²) in [5.41, 5.74) is 17.3. The zero-order chi connectivity index (χ0) is 27.7. The Kier molecular flexibility index (Phi) is 10.3. The fraction of sp³-hybridized carbons (Fsp3) is 0.231. The molecule has 202 valence electrons. The summed E-state index contributed by atoms with van der Waals surface area (Å²) in [6.45, 7) is 7.02. The molecule has 0 spiro atoms. The number of aromatic nitrogens is 1. The molecule has 0 unspecified atom stereocenters. The van der Waals surface area contributed by atoms with Gasteiger partial charge in [-0.05, 0) is 30.3 Å². The third-order valence-corrected chi connectivity index (χ3v) is 6.22. The first-order valence-corrected chi connectivity index (χ1v) is 12.7. The van der Waals surface area contributed by atoms with Crippen molar-refractivity contribution < 1.29 is 4.79 Å². The van der Waals surface area contributed by atoms with Crippen molar-refractivity contribution in [3.63, 3.8) is 0 Å². The molecule has 0 radical (unpaired) electrons. The van der Waals surface area contributed by atoms with Crippen LogP contribution in [0.2, 0.25) is 0 Å². The molecule has 2 aliphatic rings. The highest BCUT2D eigenvalue weighted by atomic mass is 35.5. The Morgan fingerprint density at radius 2 is 1.89 bits per heavy atom. The maximum atomic E-state index is 12.5. The second-order valence-electron chi connectivity index (χ2n) is 8.44. The number of benzene rings is 1. The molecular formula is C26H33ClN8O2S. The minimum absolute atomic E-state index is 0.0697. The molecule has 1 amide bonds. The Balaban J connectivity index is 0.00000127. The number of thiol groups is 1. The number of carbonyl (C=O) groups is 1. The molecule has 5 N–H and O–H groups in total. The SMILES string of the molecule is C=C(N)N1CCN(c2cc(-n3ccccc3=O)ccc2N2C=C(C/C=C/C=C(\S)Cl)NN2C)CC1.NC=O. The van der Waals surface area contributed by atoms with Crippen molar-refractivity contribution in [1.82, 2.24) is 20.0 Å². The monoisotopic (exact) mass is 556 g/mol.